The summed E-state index contributed by atoms with van der Waals surface area (Å²) in [5.41, 5.74) is -0.345. The number of hydrogen-bond donors (Lipinski definition) is 1. The third kappa shape index (κ3) is 1.72. The predicted molar refractivity (Wildman–Crippen MR) is 56.4 cm³/mol. The molecule has 2 rings (SSSR count). The lowest BCUT2D eigenvalue weighted by atomic mass is 10.1. The molecule has 2 amide bonds. The Labute approximate surface area is 98.6 Å². The van der Waals surface area contributed by atoms with Crippen molar-refractivity contribution in [2.75, 3.05) is 0 Å². The first-order chi connectivity index (χ1) is 8.04. The van der Waals surface area contributed by atoms with Gasteiger partial charge in [0.2, 0.25) is 0 Å². The summed E-state index contributed by atoms with van der Waals surface area (Å²) in [6, 6.07) is 2.19. The van der Waals surface area contributed by atoms with Crippen molar-refractivity contribution in [3.8, 4) is 5.40 Å². The highest BCUT2D eigenvalue weighted by Crippen LogP contribution is 2.33. The van der Waals surface area contributed by atoms with Crippen LogP contribution in [-0.2, 0) is 0 Å². The number of fused-ring (bicyclic) bond motifs is 1. The smallest absolute Gasteiger partial charge is 0.284 e. The van der Waals surface area contributed by atoms with Crippen LogP contribution in [0.2, 0.25) is 0 Å². The van der Waals surface area contributed by atoms with Crippen LogP contribution in [0.5, 0.6) is 0 Å². The number of hydrogen-bond acceptors (Lipinski definition) is 6. The van der Waals surface area contributed by atoms with Gasteiger partial charge in [0.25, 0.3) is 17.5 Å². The summed E-state index contributed by atoms with van der Waals surface area (Å²) in [7, 11) is 0. The summed E-state index contributed by atoms with van der Waals surface area (Å²) in [6.07, 6.45) is 0. The number of thiocyanates is 1. The van der Waals surface area contributed by atoms with E-state index >= 15 is 0 Å². The highest BCUT2D eigenvalue weighted by molar-refractivity contribution is 8.03. The molecular weight excluding hydrogens is 246 g/mol. The molecule has 1 aliphatic rings. The van der Waals surface area contributed by atoms with Crippen LogP contribution in [0.25, 0.3) is 0 Å². The first kappa shape index (κ1) is 11.1. The number of amides is 2. The minimum atomic E-state index is -0.698. The van der Waals surface area contributed by atoms with Crippen LogP contribution in [0.15, 0.2) is 17.0 Å². The molecule has 1 aromatic rings. The molecule has 0 aliphatic carbocycles. The number of nitro benzene ring substituents is 1. The molecule has 0 atom stereocenters. The van der Waals surface area contributed by atoms with Crippen LogP contribution in [0.1, 0.15) is 20.7 Å². The lowest BCUT2D eigenvalue weighted by Crippen LogP contribution is -2.19. The number of benzene rings is 1. The fourth-order valence-corrected chi connectivity index (χ4v) is 1.97. The van der Waals surface area contributed by atoms with Gasteiger partial charge in [-0.05, 0) is 17.8 Å². The summed E-state index contributed by atoms with van der Waals surface area (Å²) in [4.78, 5) is 32.7. The van der Waals surface area contributed by atoms with Gasteiger partial charge < -0.3 is 0 Å². The second-order valence-corrected chi connectivity index (χ2v) is 3.93. The number of nitrogens with one attached hydrogen (secondary N) is 1. The molecule has 1 aliphatic heterocycles. The van der Waals surface area contributed by atoms with Gasteiger partial charge in [0.1, 0.15) is 10.3 Å². The van der Waals surface area contributed by atoms with Gasteiger partial charge in [-0.15, -0.1) is 0 Å². The number of thioether (sulfide) groups is 1. The van der Waals surface area contributed by atoms with Gasteiger partial charge in [-0.3, -0.25) is 25.0 Å². The second-order valence-electron chi connectivity index (χ2n) is 3.10. The van der Waals surface area contributed by atoms with Crippen molar-refractivity contribution >= 4 is 29.3 Å². The molecule has 0 bridgehead atoms. The molecule has 0 unspecified atom stereocenters. The highest BCUT2D eigenvalue weighted by atomic mass is 32.2. The van der Waals surface area contributed by atoms with E-state index in [-0.39, 0.29) is 21.7 Å². The molecule has 7 nitrogen and oxygen atoms in total. The number of rotatable bonds is 2. The molecule has 0 saturated heterocycles. The average molecular weight is 249 g/mol. The molecule has 1 N–H and O–H groups in total. The summed E-state index contributed by atoms with van der Waals surface area (Å²) in [5, 5.41) is 23.0. The number of carbonyl (C=O) groups excluding carboxylic acids is 2. The molecular formula is C9H3N3O4S. The van der Waals surface area contributed by atoms with Gasteiger partial charge in [0.15, 0.2) is 0 Å². The van der Waals surface area contributed by atoms with E-state index in [1.54, 1.807) is 5.40 Å². The Kier molecular flexibility index (Phi) is 2.53. The third-order valence-electron chi connectivity index (χ3n) is 2.17. The first-order valence-corrected chi connectivity index (χ1v) is 5.10. The maximum atomic E-state index is 11.3. The van der Waals surface area contributed by atoms with Crippen molar-refractivity contribution in [1.82, 2.24) is 5.32 Å². The van der Waals surface area contributed by atoms with Crippen LogP contribution in [0, 0.1) is 20.8 Å². The Morgan fingerprint density at radius 2 is 1.88 bits per heavy atom. The largest absolute Gasteiger partial charge is 0.288 e. The van der Waals surface area contributed by atoms with E-state index in [1.807, 2.05) is 5.32 Å². The SMILES string of the molecule is N#CSc1cc2c(cc1[N+](=O)[O-])C(=O)NC2=O. The van der Waals surface area contributed by atoms with E-state index in [2.05, 4.69) is 0 Å². The quantitative estimate of drug-likeness (QED) is 0.275. The Morgan fingerprint density at radius 3 is 2.41 bits per heavy atom. The molecule has 8 heteroatoms. The first-order valence-electron chi connectivity index (χ1n) is 4.28. The van der Waals surface area contributed by atoms with Crippen molar-refractivity contribution in [1.29, 1.82) is 5.26 Å². The second kappa shape index (κ2) is 3.88. The zero-order valence-corrected chi connectivity index (χ0v) is 8.91. The molecule has 1 aromatic carbocycles. The van der Waals surface area contributed by atoms with E-state index in [4.69, 9.17) is 5.26 Å². The number of nitriles is 1. The number of carbonyl (C=O) groups is 2. The summed E-state index contributed by atoms with van der Waals surface area (Å²) in [5.74, 6) is -1.28. The molecule has 0 aromatic heterocycles. The van der Waals surface area contributed by atoms with Crippen molar-refractivity contribution < 1.29 is 14.5 Å². The topological polar surface area (TPSA) is 113 Å². The molecule has 1 heterocycles. The number of nitro groups is 1. The highest BCUT2D eigenvalue weighted by Gasteiger charge is 2.31. The third-order valence-corrected chi connectivity index (χ3v) is 2.81. The maximum Gasteiger partial charge on any atom is 0.284 e. The van der Waals surface area contributed by atoms with E-state index in [1.165, 1.54) is 6.07 Å². The summed E-state index contributed by atoms with van der Waals surface area (Å²) >= 11 is 0.572. The lowest BCUT2D eigenvalue weighted by molar-refractivity contribution is -0.387. The molecule has 0 spiro atoms. The van der Waals surface area contributed by atoms with Gasteiger partial charge in [0, 0.05) is 6.07 Å². The normalized spacial score (nSPS) is 12.9. The number of nitrogens with zero attached hydrogens (tertiary/aromatic N) is 2. The average Bonchev–Trinajstić information content (AvgIpc) is 2.54. The maximum absolute atomic E-state index is 11.3. The van der Waals surface area contributed by atoms with Crippen molar-refractivity contribution in [2.24, 2.45) is 0 Å². The predicted octanol–water partition coefficient (Wildman–Crippen LogP) is 1.05. The number of imide groups is 1. The van der Waals surface area contributed by atoms with Crippen LogP contribution < -0.4 is 5.32 Å². The van der Waals surface area contributed by atoms with E-state index in [9.17, 15) is 19.7 Å². The van der Waals surface area contributed by atoms with E-state index < -0.39 is 16.7 Å². The van der Waals surface area contributed by atoms with Gasteiger partial charge in [-0.1, -0.05) is 0 Å². The molecule has 17 heavy (non-hydrogen) atoms. The van der Waals surface area contributed by atoms with Crippen LogP contribution in [-0.4, -0.2) is 16.7 Å². The minimum Gasteiger partial charge on any atom is -0.288 e. The monoisotopic (exact) mass is 249 g/mol. The molecule has 0 radical (unpaired) electrons. The fraction of sp³-hybridized carbons (Fsp3) is 0. The lowest BCUT2D eigenvalue weighted by Gasteiger charge is -1.99. The van der Waals surface area contributed by atoms with Crippen molar-refractivity contribution in [3.63, 3.8) is 0 Å². The Bertz CT molecular complexity index is 605. The van der Waals surface area contributed by atoms with E-state index in [0.29, 0.717) is 11.8 Å². The standard InChI is InChI=1S/C9H3N3O4S/c10-3-17-7-2-5-4(1-6(7)12(15)16)8(13)11-9(5)14/h1-2H,(H,11,13,14). The van der Waals surface area contributed by atoms with Crippen molar-refractivity contribution in [3.05, 3.63) is 33.4 Å². The summed E-state index contributed by atoms with van der Waals surface area (Å²) < 4.78 is 0. The molecule has 0 fully saturated rings. The van der Waals surface area contributed by atoms with Crippen molar-refractivity contribution in [2.45, 2.75) is 4.90 Å². The van der Waals surface area contributed by atoms with Gasteiger partial charge in [0.05, 0.1) is 16.1 Å². The zero-order chi connectivity index (χ0) is 12.6. The van der Waals surface area contributed by atoms with Crippen LogP contribution >= 0.6 is 11.8 Å². The molecule has 84 valence electrons. The van der Waals surface area contributed by atoms with Gasteiger partial charge >= 0.3 is 0 Å². The Balaban J connectivity index is 2.67. The van der Waals surface area contributed by atoms with Crippen LogP contribution in [0.3, 0.4) is 0 Å². The van der Waals surface area contributed by atoms with Gasteiger partial charge in [-0.25, -0.2) is 0 Å². The molecule has 0 saturated carbocycles. The van der Waals surface area contributed by atoms with Gasteiger partial charge in [-0.2, -0.15) is 5.26 Å². The summed E-state index contributed by atoms with van der Waals surface area (Å²) in [6.45, 7) is 0. The van der Waals surface area contributed by atoms with Crippen LogP contribution in [0.4, 0.5) is 5.69 Å². The minimum absolute atomic E-state index is 0.0380. The fourth-order valence-electron chi connectivity index (χ4n) is 1.46. The zero-order valence-electron chi connectivity index (χ0n) is 8.09. The Morgan fingerprint density at radius 1 is 1.29 bits per heavy atom. The Hall–Kier alpha value is -2.40. The van der Waals surface area contributed by atoms with E-state index in [0.717, 1.165) is 6.07 Å².